The minimum atomic E-state index is -0.238. The molecule has 22 heavy (non-hydrogen) atoms. The highest BCUT2D eigenvalue weighted by Gasteiger charge is 2.32. The van der Waals surface area contributed by atoms with Crippen molar-refractivity contribution < 1.29 is 4.79 Å². The molecule has 6 heteroatoms. The molecule has 0 unspecified atom stereocenters. The normalized spacial score (nSPS) is 17.2. The van der Waals surface area contributed by atoms with Crippen LogP contribution in [0.2, 0.25) is 0 Å². The Kier molecular flexibility index (Phi) is 2.97. The van der Waals surface area contributed by atoms with Gasteiger partial charge in [-0.05, 0) is 23.6 Å². The lowest BCUT2D eigenvalue weighted by atomic mass is 10.0. The number of fused-ring (bicyclic) bond motifs is 1. The van der Waals surface area contributed by atoms with Gasteiger partial charge in [-0.2, -0.15) is 5.10 Å². The van der Waals surface area contributed by atoms with Crippen molar-refractivity contribution in [2.75, 3.05) is 12.4 Å². The Balaban J connectivity index is 1.79. The van der Waals surface area contributed by atoms with Gasteiger partial charge in [-0.15, -0.1) is 11.3 Å². The van der Waals surface area contributed by atoms with Crippen LogP contribution in [0.3, 0.4) is 0 Å². The maximum absolute atomic E-state index is 12.6. The Morgan fingerprint density at radius 2 is 2.09 bits per heavy atom. The van der Waals surface area contributed by atoms with Gasteiger partial charge >= 0.3 is 0 Å². The van der Waals surface area contributed by atoms with E-state index in [2.05, 4.69) is 15.5 Å². The molecule has 5 nitrogen and oxygen atoms in total. The van der Waals surface area contributed by atoms with E-state index >= 15 is 0 Å². The Bertz CT molecular complexity index is 824. The molecule has 0 radical (unpaired) electrons. The molecule has 4 rings (SSSR count). The Labute approximate surface area is 131 Å². The van der Waals surface area contributed by atoms with Gasteiger partial charge in [0.2, 0.25) is 0 Å². The molecule has 1 aliphatic heterocycles. The van der Waals surface area contributed by atoms with Gasteiger partial charge in [-0.1, -0.05) is 18.2 Å². The Hall–Kier alpha value is -2.60. The van der Waals surface area contributed by atoms with Crippen LogP contribution in [0.5, 0.6) is 0 Å². The van der Waals surface area contributed by atoms with Gasteiger partial charge in [0.25, 0.3) is 5.91 Å². The zero-order valence-electron chi connectivity index (χ0n) is 11.9. The van der Waals surface area contributed by atoms with E-state index in [1.807, 2.05) is 41.8 Å². The summed E-state index contributed by atoms with van der Waals surface area (Å²) < 4.78 is 0. The van der Waals surface area contributed by atoms with E-state index in [0.717, 1.165) is 21.8 Å². The summed E-state index contributed by atoms with van der Waals surface area (Å²) in [4.78, 5) is 15.4. The van der Waals surface area contributed by atoms with E-state index in [4.69, 9.17) is 0 Å². The Morgan fingerprint density at radius 1 is 1.23 bits per heavy atom. The second-order valence-electron chi connectivity index (χ2n) is 5.19. The number of hydrogen-bond donors (Lipinski definition) is 2. The van der Waals surface area contributed by atoms with Crippen LogP contribution in [0.1, 0.15) is 22.1 Å². The zero-order valence-corrected chi connectivity index (χ0v) is 12.7. The molecule has 1 aliphatic rings. The number of amides is 1. The number of benzene rings is 1. The first-order chi connectivity index (χ1) is 10.8. The van der Waals surface area contributed by atoms with Gasteiger partial charge < -0.3 is 10.2 Å². The summed E-state index contributed by atoms with van der Waals surface area (Å²) in [6.45, 7) is 0. The van der Waals surface area contributed by atoms with Gasteiger partial charge in [0, 0.05) is 18.3 Å². The molecule has 0 saturated carbocycles. The van der Waals surface area contributed by atoms with Crippen LogP contribution in [0.25, 0.3) is 10.6 Å². The molecule has 1 aromatic carbocycles. The Morgan fingerprint density at radius 3 is 2.91 bits per heavy atom. The van der Waals surface area contributed by atoms with Crippen LogP contribution >= 0.6 is 11.3 Å². The number of aromatic nitrogens is 2. The molecule has 2 aromatic heterocycles. The summed E-state index contributed by atoms with van der Waals surface area (Å²) in [6.07, 6.45) is 1.54. The molecule has 0 spiro atoms. The lowest BCUT2D eigenvalue weighted by Crippen LogP contribution is -2.40. The molecular formula is C16H14N4OS. The summed E-state index contributed by atoms with van der Waals surface area (Å²) in [7, 11) is 1.81. The van der Waals surface area contributed by atoms with E-state index in [0.29, 0.717) is 5.56 Å². The van der Waals surface area contributed by atoms with Crippen LogP contribution in [0.4, 0.5) is 5.69 Å². The minimum Gasteiger partial charge on any atom is -0.361 e. The smallest absolute Gasteiger partial charge is 0.257 e. The average Bonchev–Trinajstić information content (AvgIpc) is 3.21. The quantitative estimate of drug-likeness (QED) is 0.763. The van der Waals surface area contributed by atoms with Crippen molar-refractivity contribution in [2.45, 2.75) is 6.17 Å². The number of para-hydroxylation sites is 1. The predicted molar refractivity (Wildman–Crippen MR) is 86.8 cm³/mol. The third-order valence-corrected chi connectivity index (χ3v) is 4.78. The molecule has 0 fully saturated rings. The van der Waals surface area contributed by atoms with Gasteiger partial charge in [0.15, 0.2) is 0 Å². The maximum Gasteiger partial charge on any atom is 0.257 e. The van der Waals surface area contributed by atoms with Crippen LogP contribution in [-0.4, -0.2) is 28.1 Å². The van der Waals surface area contributed by atoms with Crippen molar-refractivity contribution in [1.29, 1.82) is 0 Å². The van der Waals surface area contributed by atoms with Gasteiger partial charge in [0.1, 0.15) is 6.17 Å². The highest BCUT2D eigenvalue weighted by molar-refractivity contribution is 7.13. The molecule has 3 aromatic rings. The van der Waals surface area contributed by atoms with Crippen molar-refractivity contribution in [3.63, 3.8) is 0 Å². The highest BCUT2D eigenvalue weighted by Crippen LogP contribution is 2.36. The number of rotatable bonds is 2. The van der Waals surface area contributed by atoms with E-state index in [1.165, 1.54) is 0 Å². The zero-order chi connectivity index (χ0) is 15.1. The van der Waals surface area contributed by atoms with Crippen LogP contribution in [-0.2, 0) is 0 Å². The topological polar surface area (TPSA) is 61.0 Å². The van der Waals surface area contributed by atoms with Crippen LogP contribution in [0, 0.1) is 0 Å². The SMILES string of the molecule is CN1C(=O)c2ccccc2N[C@@H]1c1cn[nH]c1-c1cccs1. The third-order valence-electron chi connectivity index (χ3n) is 3.89. The first-order valence-electron chi connectivity index (χ1n) is 6.95. The van der Waals surface area contributed by atoms with E-state index in [1.54, 1.807) is 29.5 Å². The van der Waals surface area contributed by atoms with Crippen molar-refractivity contribution in [3.05, 3.63) is 59.1 Å². The van der Waals surface area contributed by atoms with Crippen molar-refractivity contribution in [1.82, 2.24) is 15.1 Å². The number of carbonyl (C=O) groups is 1. The molecule has 0 saturated heterocycles. The molecular weight excluding hydrogens is 296 g/mol. The van der Waals surface area contributed by atoms with E-state index in [9.17, 15) is 4.79 Å². The lowest BCUT2D eigenvalue weighted by molar-refractivity contribution is 0.0736. The van der Waals surface area contributed by atoms with Crippen molar-refractivity contribution in [3.8, 4) is 10.6 Å². The molecule has 3 heterocycles. The number of hydrogen-bond acceptors (Lipinski definition) is 4. The van der Waals surface area contributed by atoms with Crippen LogP contribution < -0.4 is 5.32 Å². The standard InChI is InChI=1S/C16H14N4OS/c1-20-15(18-12-6-3-2-5-10(12)16(20)21)11-9-17-19-14(11)13-7-4-8-22-13/h2-9,15,18H,1H3,(H,17,19)/t15-/m0/s1. The second-order valence-corrected chi connectivity index (χ2v) is 6.13. The number of nitrogens with one attached hydrogen (secondary N) is 2. The molecule has 110 valence electrons. The molecule has 0 aliphatic carbocycles. The summed E-state index contributed by atoms with van der Waals surface area (Å²) in [5.74, 6) is 0.0117. The molecule has 1 atom stereocenters. The molecule has 0 bridgehead atoms. The molecule has 2 N–H and O–H groups in total. The van der Waals surface area contributed by atoms with Crippen LogP contribution in [0.15, 0.2) is 48.0 Å². The number of anilines is 1. The fourth-order valence-corrected chi connectivity index (χ4v) is 3.50. The summed E-state index contributed by atoms with van der Waals surface area (Å²) in [5.41, 5.74) is 3.47. The summed E-state index contributed by atoms with van der Waals surface area (Å²) >= 11 is 1.64. The number of nitrogens with zero attached hydrogens (tertiary/aromatic N) is 2. The van der Waals surface area contributed by atoms with Crippen molar-refractivity contribution >= 4 is 22.9 Å². The molecule has 1 amide bonds. The van der Waals surface area contributed by atoms with E-state index in [-0.39, 0.29) is 12.1 Å². The average molecular weight is 310 g/mol. The van der Waals surface area contributed by atoms with Crippen molar-refractivity contribution in [2.24, 2.45) is 0 Å². The fourth-order valence-electron chi connectivity index (χ4n) is 2.75. The summed E-state index contributed by atoms with van der Waals surface area (Å²) in [5, 5.41) is 12.7. The van der Waals surface area contributed by atoms with Gasteiger partial charge in [-0.25, -0.2) is 0 Å². The maximum atomic E-state index is 12.6. The predicted octanol–water partition coefficient (Wildman–Crippen LogP) is 3.33. The fraction of sp³-hybridized carbons (Fsp3) is 0.125. The lowest BCUT2D eigenvalue weighted by Gasteiger charge is -2.35. The monoisotopic (exact) mass is 310 g/mol. The third kappa shape index (κ3) is 1.92. The highest BCUT2D eigenvalue weighted by atomic mass is 32.1. The largest absolute Gasteiger partial charge is 0.361 e. The number of thiophene rings is 1. The van der Waals surface area contributed by atoms with Gasteiger partial charge in [-0.3, -0.25) is 9.89 Å². The number of aromatic amines is 1. The second kappa shape index (κ2) is 4.99. The van der Waals surface area contributed by atoms with Gasteiger partial charge in [0.05, 0.1) is 22.3 Å². The number of H-pyrrole nitrogens is 1. The first-order valence-corrected chi connectivity index (χ1v) is 7.83. The minimum absolute atomic E-state index is 0.0117. The summed E-state index contributed by atoms with van der Waals surface area (Å²) in [6, 6.07) is 11.6. The van der Waals surface area contributed by atoms with E-state index < -0.39 is 0 Å². The first kappa shape index (κ1) is 13.1. The number of carbonyl (C=O) groups excluding carboxylic acids is 1.